The van der Waals surface area contributed by atoms with Gasteiger partial charge in [-0.1, -0.05) is 12.1 Å². The Balaban J connectivity index is 1.84. The molecule has 1 aromatic carbocycles. The first-order valence-corrected chi connectivity index (χ1v) is 11.0. The van der Waals surface area contributed by atoms with Crippen LogP contribution < -0.4 is 21.3 Å². The highest BCUT2D eigenvalue weighted by Crippen LogP contribution is 2.22. The molecular weight excluding hydrogens is 444 g/mol. The number of nitrogens with zero attached hydrogens (tertiary/aromatic N) is 3. The van der Waals surface area contributed by atoms with Gasteiger partial charge in [0.05, 0.1) is 12.5 Å². The minimum Gasteiger partial charge on any atom is -0.463 e. The van der Waals surface area contributed by atoms with Crippen LogP contribution in [0.3, 0.4) is 0 Å². The van der Waals surface area contributed by atoms with Crippen LogP contribution in [0.2, 0.25) is 0 Å². The van der Waals surface area contributed by atoms with Crippen LogP contribution in [0.25, 0.3) is 0 Å². The minimum atomic E-state index is -0.677. The number of amides is 4. The Bertz CT molecular complexity index is 917. The van der Waals surface area contributed by atoms with Gasteiger partial charge in [0.1, 0.15) is 6.04 Å². The van der Waals surface area contributed by atoms with E-state index in [9.17, 15) is 19.2 Å². The summed E-state index contributed by atoms with van der Waals surface area (Å²) in [5, 5.41) is 8.80. The number of ether oxygens (including phenoxy) is 1. The van der Waals surface area contributed by atoms with Crippen LogP contribution in [-0.2, 0) is 19.2 Å². The number of urea groups is 1. The number of carbonyl (C=O) groups excluding carboxylic acids is 4. The number of hydrogen-bond donors (Lipinski definition) is 3. The number of anilines is 1. The highest BCUT2D eigenvalue weighted by atomic mass is 16.7. The van der Waals surface area contributed by atoms with Gasteiger partial charge in [-0.05, 0) is 44.0 Å². The van der Waals surface area contributed by atoms with E-state index in [4.69, 9.17) is 15.3 Å². The highest BCUT2D eigenvalue weighted by molar-refractivity contribution is 6.02. The maximum Gasteiger partial charge on any atom is 0.435 e. The molecule has 1 aliphatic rings. The summed E-state index contributed by atoms with van der Waals surface area (Å²) in [7, 11) is 3.04. The molecule has 0 aromatic heterocycles. The van der Waals surface area contributed by atoms with Crippen molar-refractivity contribution in [2.24, 2.45) is 10.9 Å². The predicted molar refractivity (Wildman–Crippen MR) is 125 cm³/mol. The molecule has 0 spiro atoms. The SMILES string of the molecule is CCC(C)OC(=O)CCNC(=O)NC1CCN(c2ccc(/C(N)=N/OC(=O)N(C)C)cc2)C1=O. The second kappa shape index (κ2) is 12.4. The molecule has 1 saturated heterocycles. The van der Waals surface area contributed by atoms with E-state index in [1.165, 1.54) is 19.0 Å². The van der Waals surface area contributed by atoms with Gasteiger partial charge >= 0.3 is 18.1 Å². The largest absolute Gasteiger partial charge is 0.463 e. The molecular formula is C22H32N6O6. The van der Waals surface area contributed by atoms with Crippen molar-refractivity contribution in [1.82, 2.24) is 15.5 Å². The Labute approximate surface area is 198 Å². The Morgan fingerprint density at radius 1 is 1.26 bits per heavy atom. The predicted octanol–water partition coefficient (Wildman–Crippen LogP) is 1.14. The molecule has 0 bridgehead atoms. The van der Waals surface area contributed by atoms with Gasteiger partial charge in [0.15, 0.2) is 5.84 Å². The number of nitrogens with one attached hydrogen (secondary N) is 2. The topological polar surface area (TPSA) is 156 Å². The third-order valence-electron chi connectivity index (χ3n) is 5.10. The van der Waals surface area contributed by atoms with E-state index in [-0.39, 0.29) is 36.8 Å². The Morgan fingerprint density at radius 3 is 2.56 bits per heavy atom. The van der Waals surface area contributed by atoms with Gasteiger partial charge in [-0.3, -0.25) is 14.4 Å². The summed E-state index contributed by atoms with van der Waals surface area (Å²) >= 11 is 0. The monoisotopic (exact) mass is 476 g/mol. The van der Waals surface area contributed by atoms with E-state index in [0.29, 0.717) is 24.2 Å². The third-order valence-corrected chi connectivity index (χ3v) is 5.10. The van der Waals surface area contributed by atoms with Crippen molar-refractivity contribution in [2.75, 3.05) is 32.1 Å². The van der Waals surface area contributed by atoms with Gasteiger partial charge < -0.3 is 30.9 Å². The molecule has 1 heterocycles. The van der Waals surface area contributed by atoms with Crippen molar-refractivity contribution < 1.29 is 28.8 Å². The van der Waals surface area contributed by atoms with Crippen molar-refractivity contribution in [3.05, 3.63) is 29.8 Å². The lowest BCUT2D eigenvalue weighted by molar-refractivity contribution is -0.148. The molecule has 0 radical (unpaired) electrons. The number of esters is 1. The lowest BCUT2D eigenvalue weighted by Crippen LogP contribution is -2.46. The number of rotatable bonds is 9. The van der Waals surface area contributed by atoms with Gasteiger partial charge in [0.25, 0.3) is 0 Å². The second-order valence-corrected chi connectivity index (χ2v) is 7.97. The summed E-state index contributed by atoms with van der Waals surface area (Å²) in [5.74, 6) is -0.623. The number of carbonyl (C=O) groups is 4. The smallest absolute Gasteiger partial charge is 0.435 e. The molecule has 12 heteroatoms. The molecule has 186 valence electrons. The maximum atomic E-state index is 12.7. The van der Waals surface area contributed by atoms with Crippen molar-refractivity contribution in [1.29, 1.82) is 0 Å². The summed E-state index contributed by atoms with van der Waals surface area (Å²) < 4.78 is 5.14. The zero-order chi connectivity index (χ0) is 25.3. The molecule has 1 fully saturated rings. The first-order chi connectivity index (χ1) is 16.1. The molecule has 34 heavy (non-hydrogen) atoms. The van der Waals surface area contributed by atoms with Crippen LogP contribution in [0.15, 0.2) is 29.4 Å². The van der Waals surface area contributed by atoms with Crippen molar-refractivity contribution in [3.63, 3.8) is 0 Å². The molecule has 0 aliphatic carbocycles. The van der Waals surface area contributed by atoms with Crippen molar-refractivity contribution >= 4 is 35.5 Å². The normalized spacial score (nSPS) is 16.6. The fraction of sp³-hybridized carbons (Fsp3) is 0.500. The van der Waals surface area contributed by atoms with Crippen LogP contribution in [0.4, 0.5) is 15.3 Å². The lowest BCUT2D eigenvalue weighted by atomic mass is 10.2. The average molecular weight is 477 g/mol. The number of hydrogen-bond acceptors (Lipinski definition) is 7. The van der Waals surface area contributed by atoms with E-state index < -0.39 is 18.2 Å². The van der Waals surface area contributed by atoms with Crippen LogP contribution in [-0.4, -0.2) is 74.1 Å². The number of benzene rings is 1. The Hall–Kier alpha value is -3.83. The number of nitrogens with two attached hydrogens (primary N) is 1. The van der Waals surface area contributed by atoms with Crippen LogP contribution in [0.1, 0.15) is 38.7 Å². The molecule has 2 atom stereocenters. The molecule has 2 unspecified atom stereocenters. The molecule has 12 nitrogen and oxygen atoms in total. The Kier molecular flexibility index (Phi) is 9.65. The fourth-order valence-corrected chi connectivity index (χ4v) is 2.96. The molecule has 1 aliphatic heterocycles. The zero-order valence-corrected chi connectivity index (χ0v) is 19.9. The van der Waals surface area contributed by atoms with Crippen LogP contribution >= 0.6 is 0 Å². The van der Waals surface area contributed by atoms with Gasteiger partial charge in [-0.2, -0.15) is 0 Å². The van der Waals surface area contributed by atoms with Crippen LogP contribution in [0, 0.1) is 0 Å². The molecule has 4 N–H and O–H groups in total. The minimum absolute atomic E-state index is 0.0127. The summed E-state index contributed by atoms with van der Waals surface area (Å²) in [6, 6.07) is 5.48. The second-order valence-electron chi connectivity index (χ2n) is 7.97. The van der Waals surface area contributed by atoms with Gasteiger partial charge in [0, 0.05) is 38.4 Å². The molecule has 4 amide bonds. The lowest BCUT2D eigenvalue weighted by Gasteiger charge is -2.18. The molecule has 1 aromatic rings. The van der Waals surface area contributed by atoms with Crippen molar-refractivity contribution in [2.45, 2.75) is 45.3 Å². The highest BCUT2D eigenvalue weighted by Gasteiger charge is 2.33. The summed E-state index contributed by atoms with van der Waals surface area (Å²) in [6.07, 6.45) is 0.386. The van der Waals surface area contributed by atoms with E-state index in [0.717, 1.165) is 6.42 Å². The van der Waals surface area contributed by atoms with Gasteiger partial charge in [-0.15, -0.1) is 0 Å². The fourth-order valence-electron chi connectivity index (χ4n) is 2.96. The van der Waals surface area contributed by atoms with Gasteiger partial charge in [0.2, 0.25) is 5.91 Å². The van der Waals surface area contributed by atoms with E-state index in [1.807, 2.05) is 6.92 Å². The van der Waals surface area contributed by atoms with Crippen molar-refractivity contribution in [3.8, 4) is 0 Å². The first-order valence-electron chi connectivity index (χ1n) is 11.0. The zero-order valence-electron chi connectivity index (χ0n) is 19.9. The molecule has 2 rings (SSSR count). The number of amidine groups is 1. The third kappa shape index (κ3) is 7.64. The van der Waals surface area contributed by atoms with E-state index in [2.05, 4.69) is 15.8 Å². The van der Waals surface area contributed by atoms with Crippen LogP contribution in [0.5, 0.6) is 0 Å². The quantitative estimate of drug-likeness (QED) is 0.159. The number of oxime groups is 1. The van der Waals surface area contributed by atoms with E-state index >= 15 is 0 Å². The van der Waals surface area contributed by atoms with Gasteiger partial charge in [-0.25, -0.2) is 9.59 Å². The van der Waals surface area contributed by atoms with E-state index in [1.54, 1.807) is 36.1 Å². The standard InChI is InChI=1S/C22H32N6O6/c1-5-14(2)33-18(29)10-12-24-21(31)25-17-11-13-28(20(17)30)16-8-6-15(7-9-16)19(23)26-34-22(32)27(3)4/h6-9,14,17H,5,10-13H2,1-4H3,(H2,23,26)(H2,24,25,31). The summed E-state index contributed by atoms with van der Waals surface area (Å²) in [5.41, 5.74) is 6.98. The average Bonchev–Trinajstić information content (AvgIpc) is 3.16. The summed E-state index contributed by atoms with van der Waals surface area (Å²) in [6.45, 7) is 4.25. The first kappa shape index (κ1) is 26.4. The summed E-state index contributed by atoms with van der Waals surface area (Å²) in [4.78, 5) is 55.4. The maximum absolute atomic E-state index is 12.7. The Morgan fingerprint density at radius 2 is 1.94 bits per heavy atom. The molecule has 0 saturated carbocycles.